The maximum Gasteiger partial charge on any atom is 3.00 e. The van der Waals surface area contributed by atoms with Crippen LogP contribution < -0.4 is 0 Å². The van der Waals surface area contributed by atoms with E-state index in [4.69, 9.17) is 11.8 Å². The number of hydrogen-bond acceptors (Lipinski definition) is 2. The maximum absolute atomic E-state index is 8.11. The fourth-order valence-electron chi connectivity index (χ4n) is 0.211. The van der Waals surface area contributed by atoms with Crippen molar-refractivity contribution in [3.05, 3.63) is 23.4 Å². The smallest absolute Gasteiger partial charge is 0.605 e. The van der Waals surface area contributed by atoms with Crippen LogP contribution >= 0.6 is 0 Å². The molecule has 0 aromatic rings. The molecular weight excluding hydrogens is 205 g/mol. The van der Waals surface area contributed by atoms with Gasteiger partial charge in [-0.05, 0) is 6.92 Å². The molecule has 0 bridgehead atoms. The Morgan fingerprint density at radius 3 is 2.80 bits per heavy atom. The summed E-state index contributed by atoms with van der Waals surface area (Å²) in [5.74, 6) is 0. The first-order valence-corrected chi connectivity index (χ1v) is 2.37. The van der Waals surface area contributed by atoms with Crippen LogP contribution in [0, 0.1) is 24.2 Å². The van der Waals surface area contributed by atoms with Crippen molar-refractivity contribution in [2.45, 2.75) is 6.92 Å². The Kier molecular flexibility index (Phi) is 10.6. The molecule has 0 aromatic carbocycles. The molecule has 46 valence electrons. The summed E-state index contributed by atoms with van der Waals surface area (Å²) >= 11 is 0. The van der Waals surface area contributed by atoms with Gasteiger partial charge in [0.05, 0.1) is 13.2 Å². The summed E-state index contributed by atoms with van der Waals surface area (Å²) in [4.78, 5) is 2.81. The van der Waals surface area contributed by atoms with Gasteiger partial charge in [-0.3, -0.25) is 4.85 Å². The van der Waals surface area contributed by atoms with Gasteiger partial charge < -0.3 is 10.00 Å². The van der Waals surface area contributed by atoms with Crippen LogP contribution in [-0.2, 0) is 37.4 Å². The minimum atomic E-state index is -0.142. The van der Waals surface area contributed by atoms with Crippen LogP contribution in [0.4, 0.5) is 0 Å². The van der Waals surface area contributed by atoms with Crippen LogP contribution in [0.5, 0.6) is 0 Å². The van der Waals surface area contributed by atoms with Crippen LogP contribution in [-0.4, -0.2) is 6.61 Å². The molecule has 0 aliphatic heterocycles. The second kappa shape index (κ2) is 8.62. The summed E-state index contributed by atoms with van der Waals surface area (Å²) in [6.07, 6.45) is 2.17. The molecule has 10 heavy (non-hydrogen) atoms. The zero-order valence-corrected chi connectivity index (χ0v) is 8.43. The standard InChI is InChI=1S/C6H5N2O.Y/c1-3-9-5-6(4-7)8-2;/h3H2,1H3;/q-1;+3. The molecule has 0 rings (SSSR count). The molecule has 0 amide bonds. The molecule has 4 heteroatoms. The quantitative estimate of drug-likeness (QED) is 0.389. The van der Waals surface area contributed by atoms with E-state index < -0.39 is 0 Å². The predicted molar refractivity (Wildman–Crippen MR) is 30.6 cm³/mol. The summed E-state index contributed by atoms with van der Waals surface area (Å²) in [6.45, 7) is 8.55. The van der Waals surface area contributed by atoms with Crippen molar-refractivity contribution in [3.63, 3.8) is 0 Å². The van der Waals surface area contributed by atoms with Gasteiger partial charge in [0.2, 0.25) is 0 Å². The third-order valence-electron chi connectivity index (χ3n) is 0.531. The molecule has 0 aliphatic rings. The van der Waals surface area contributed by atoms with Gasteiger partial charge in [0, 0.05) is 0 Å². The van der Waals surface area contributed by atoms with Crippen LogP contribution in [0.3, 0.4) is 0 Å². The van der Waals surface area contributed by atoms with E-state index in [1.54, 1.807) is 13.0 Å². The fourth-order valence-corrected chi connectivity index (χ4v) is 0.211. The summed E-state index contributed by atoms with van der Waals surface area (Å²) in [7, 11) is 0. The predicted octanol–water partition coefficient (Wildman–Crippen LogP) is 1.11. The van der Waals surface area contributed by atoms with Crippen LogP contribution in [0.25, 0.3) is 4.85 Å². The van der Waals surface area contributed by atoms with E-state index in [9.17, 15) is 0 Å². The summed E-state index contributed by atoms with van der Waals surface area (Å²) in [5, 5.41) is 8.11. The van der Waals surface area contributed by atoms with E-state index in [0.29, 0.717) is 6.61 Å². The van der Waals surface area contributed by atoms with Gasteiger partial charge in [-0.25, -0.2) is 0 Å². The number of rotatable bonds is 2. The number of ether oxygens (including phenoxy) is 1. The first kappa shape index (κ1) is 12.3. The summed E-state index contributed by atoms with van der Waals surface area (Å²) in [6, 6.07) is 1.61. The molecule has 0 radical (unpaired) electrons. The monoisotopic (exact) mass is 210 g/mol. The van der Waals surface area contributed by atoms with E-state index in [-0.39, 0.29) is 38.4 Å². The van der Waals surface area contributed by atoms with Crippen molar-refractivity contribution in [2.24, 2.45) is 0 Å². The molecule has 0 fully saturated rings. The zero-order valence-electron chi connectivity index (χ0n) is 5.59. The molecule has 0 unspecified atom stereocenters. The van der Waals surface area contributed by atoms with Crippen LogP contribution in [0.15, 0.2) is 5.70 Å². The van der Waals surface area contributed by atoms with Crippen molar-refractivity contribution >= 4 is 0 Å². The van der Waals surface area contributed by atoms with Crippen molar-refractivity contribution in [1.29, 1.82) is 5.26 Å². The van der Waals surface area contributed by atoms with E-state index in [2.05, 4.69) is 15.8 Å². The van der Waals surface area contributed by atoms with Crippen molar-refractivity contribution in [1.82, 2.24) is 0 Å². The Bertz CT molecular complexity index is 171. The van der Waals surface area contributed by atoms with Crippen LogP contribution in [0.2, 0.25) is 0 Å². The minimum absolute atomic E-state index is 0. The van der Waals surface area contributed by atoms with Gasteiger partial charge in [0.1, 0.15) is 5.70 Å². The Labute approximate surface area is 85.4 Å². The second-order valence-electron chi connectivity index (χ2n) is 1.11. The first-order valence-electron chi connectivity index (χ1n) is 2.37. The minimum Gasteiger partial charge on any atom is -0.605 e. The van der Waals surface area contributed by atoms with Gasteiger partial charge >= 0.3 is 32.7 Å². The molecular formula is C6H5N2OY+2. The molecule has 0 saturated heterocycles. The molecule has 0 spiro atoms. The number of nitriles is 1. The average Bonchev–Trinajstić information content (AvgIpc) is 1.91. The molecule has 0 N–H and O–H groups in total. The van der Waals surface area contributed by atoms with Gasteiger partial charge in [0.15, 0.2) is 0 Å². The Morgan fingerprint density at radius 2 is 2.50 bits per heavy atom. The molecule has 0 atom stereocenters. The van der Waals surface area contributed by atoms with Gasteiger partial charge in [-0.15, -0.1) is 0 Å². The number of allylic oxidation sites excluding steroid dienone is 1. The van der Waals surface area contributed by atoms with Gasteiger partial charge in [-0.2, -0.15) is 6.07 Å². The van der Waals surface area contributed by atoms with Crippen LogP contribution in [0.1, 0.15) is 6.92 Å². The average molecular weight is 210 g/mol. The fraction of sp³-hybridized carbons (Fsp3) is 0.333. The number of hydrogen-bond donors (Lipinski definition) is 0. The summed E-state index contributed by atoms with van der Waals surface area (Å²) in [5.41, 5.74) is -0.142. The molecule has 0 aromatic heterocycles. The zero-order chi connectivity index (χ0) is 7.11. The first-order chi connectivity index (χ1) is 4.35. The van der Waals surface area contributed by atoms with E-state index >= 15 is 0 Å². The van der Waals surface area contributed by atoms with Crippen molar-refractivity contribution in [3.8, 4) is 6.07 Å². The topological polar surface area (TPSA) is 37.4 Å². The Balaban J connectivity index is 0. The Morgan fingerprint density at radius 1 is 1.90 bits per heavy atom. The molecule has 0 heterocycles. The van der Waals surface area contributed by atoms with Crippen molar-refractivity contribution < 1.29 is 37.4 Å². The third kappa shape index (κ3) is 5.76. The Hall–Kier alpha value is -0.376. The molecule has 3 nitrogen and oxygen atoms in total. The number of nitrogens with zero attached hydrogens (tertiary/aromatic N) is 2. The largest absolute Gasteiger partial charge is 3.00 e. The maximum atomic E-state index is 8.11. The van der Waals surface area contributed by atoms with Gasteiger partial charge in [0.25, 0.3) is 0 Å². The van der Waals surface area contributed by atoms with E-state index in [1.807, 2.05) is 0 Å². The molecule has 0 aliphatic carbocycles. The molecule has 0 saturated carbocycles. The van der Waals surface area contributed by atoms with E-state index in [0.717, 1.165) is 0 Å². The third-order valence-corrected chi connectivity index (χ3v) is 0.531. The normalized spacial score (nSPS) is 8.50. The van der Waals surface area contributed by atoms with Gasteiger partial charge in [-0.1, -0.05) is 6.26 Å². The second-order valence-corrected chi connectivity index (χ2v) is 1.11. The summed E-state index contributed by atoms with van der Waals surface area (Å²) < 4.78 is 4.55. The van der Waals surface area contributed by atoms with Crippen molar-refractivity contribution in [2.75, 3.05) is 6.61 Å². The van der Waals surface area contributed by atoms with E-state index in [1.165, 1.54) is 0 Å². The SMILES string of the molecule is [C-]#[N+]C(C#N)=[C-]OCC.[Y+3].